The van der Waals surface area contributed by atoms with Crippen molar-refractivity contribution >= 4 is 17.9 Å². The first-order valence-electron chi connectivity index (χ1n) is 7.08. The Morgan fingerprint density at radius 3 is 1.61 bits per heavy atom. The summed E-state index contributed by atoms with van der Waals surface area (Å²) in [6.07, 6.45) is 1.06. The lowest BCUT2D eigenvalue weighted by Crippen LogP contribution is -2.15. The van der Waals surface area contributed by atoms with Crippen molar-refractivity contribution in [2.75, 3.05) is 0 Å². The number of rotatable bonds is 7. The lowest BCUT2D eigenvalue weighted by molar-refractivity contribution is -0.142. The zero-order chi connectivity index (χ0) is 17.6. The number of nitrogens with zero attached hydrogens (tertiary/aromatic N) is 1. The van der Waals surface area contributed by atoms with Crippen molar-refractivity contribution in [3.8, 4) is 23.3 Å². The number of carbonyl (C=O) groups is 3. The first kappa shape index (κ1) is 18.3. The molecule has 0 aliphatic rings. The van der Waals surface area contributed by atoms with Gasteiger partial charge in [-0.2, -0.15) is 0 Å². The molecule has 0 fully saturated rings. The van der Waals surface area contributed by atoms with Crippen LogP contribution in [0, 0.1) is 0 Å². The second-order valence-corrected chi connectivity index (χ2v) is 4.63. The molecule has 2 N–H and O–H groups in total. The molecule has 0 aliphatic carbocycles. The Labute approximate surface area is 132 Å². The highest BCUT2D eigenvalue weighted by atomic mass is 16.7. The highest BCUT2D eigenvalue weighted by Gasteiger charge is 2.31. The molecule has 1 aromatic heterocycles. The van der Waals surface area contributed by atoms with E-state index in [1.807, 2.05) is 0 Å². The van der Waals surface area contributed by atoms with Gasteiger partial charge < -0.3 is 24.5 Å². The lowest BCUT2D eigenvalue weighted by Gasteiger charge is -2.05. The van der Waals surface area contributed by atoms with Gasteiger partial charge in [0.05, 0.1) is 0 Å². The maximum absolute atomic E-state index is 11.6. The van der Waals surface area contributed by atoms with Crippen LogP contribution in [0.4, 0.5) is 0 Å². The summed E-state index contributed by atoms with van der Waals surface area (Å²) in [6.45, 7) is 4.51. The van der Waals surface area contributed by atoms with Crippen molar-refractivity contribution in [3.05, 3.63) is 0 Å². The third-order valence-corrected chi connectivity index (χ3v) is 2.56. The van der Waals surface area contributed by atoms with Gasteiger partial charge >= 0.3 is 17.9 Å². The van der Waals surface area contributed by atoms with E-state index in [0.717, 1.165) is 6.92 Å². The highest BCUT2D eigenvalue weighted by molar-refractivity contribution is 5.79. The smallest absolute Gasteiger partial charge is 0.330 e. The molecule has 1 aromatic rings. The zero-order valence-corrected chi connectivity index (χ0v) is 13.1. The largest absolute Gasteiger partial charge is 0.490 e. The fraction of sp³-hybridized carbons (Fsp3) is 0.500. The predicted molar refractivity (Wildman–Crippen MR) is 76.1 cm³/mol. The van der Waals surface area contributed by atoms with E-state index in [0.29, 0.717) is 17.6 Å². The van der Waals surface area contributed by atoms with Crippen LogP contribution in [0.15, 0.2) is 0 Å². The minimum Gasteiger partial charge on any atom is -0.490 e. The third kappa shape index (κ3) is 4.63. The molecule has 1 heterocycles. The summed E-state index contributed by atoms with van der Waals surface area (Å²) in [5.74, 6) is -5.21. The number of aromatic hydroxyl groups is 2. The summed E-state index contributed by atoms with van der Waals surface area (Å²) >= 11 is 0. The highest BCUT2D eigenvalue weighted by Crippen LogP contribution is 2.47. The van der Waals surface area contributed by atoms with E-state index in [9.17, 15) is 24.6 Å². The van der Waals surface area contributed by atoms with Crippen molar-refractivity contribution in [2.45, 2.75) is 46.5 Å². The molecule has 0 spiro atoms. The van der Waals surface area contributed by atoms with E-state index >= 15 is 0 Å². The van der Waals surface area contributed by atoms with Crippen LogP contribution < -0.4 is 14.3 Å². The van der Waals surface area contributed by atoms with Gasteiger partial charge in [-0.05, 0) is 12.8 Å². The van der Waals surface area contributed by atoms with Crippen LogP contribution in [0.25, 0.3) is 0 Å². The average Bonchev–Trinajstić information content (AvgIpc) is 2.65. The minimum atomic E-state index is -0.874. The van der Waals surface area contributed by atoms with Crippen LogP contribution in [0.3, 0.4) is 0 Å². The molecule has 0 bridgehead atoms. The molecule has 9 heteroatoms. The molecule has 0 aliphatic heterocycles. The van der Waals surface area contributed by atoms with E-state index in [-0.39, 0.29) is 12.8 Å². The van der Waals surface area contributed by atoms with E-state index in [1.165, 1.54) is 0 Å². The molecule has 128 valence electrons. The maximum atomic E-state index is 11.6. The van der Waals surface area contributed by atoms with Gasteiger partial charge in [-0.25, -0.2) is 4.79 Å². The van der Waals surface area contributed by atoms with Crippen molar-refractivity contribution < 1.29 is 38.9 Å². The quantitative estimate of drug-likeness (QED) is 0.717. The summed E-state index contributed by atoms with van der Waals surface area (Å²) in [4.78, 5) is 38.8. The van der Waals surface area contributed by atoms with Crippen LogP contribution >= 0.6 is 0 Å². The molecule has 0 saturated heterocycles. The number of aromatic nitrogens is 1. The van der Waals surface area contributed by atoms with Gasteiger partial charge in [-0.3, -0.25) is 9.59 Å². The van der Waals surface area contributed by atoms with E-state index in [1.54, 1.807) is 13.8 Å². The molecule has 0 saturated carbocycles. The van der Waals surface area contributed by atoms with Crippen LogP contribution in [-0.4, -0.2) is 32.9 Å². The Bertz CT molecular complexity index is 561. The monoisotopic (exact) mass is 329 g/mol. The summed E-state index contributed by atoms with van der Waals surface area (Å²) in [5, 5.41) is 19.9. The van der Waals surface area contributed by atoms with E-state index in [2.05, 4.69) is 4.84 Å². The molecule has 23 heavy (non-hydrogen) atoms. The Morgan fingerprint density at radius 2 is 1.30 bits per heavy atom. The second kappa shape index (κ2) is 8.06. The van der Waals surface area contributed by atoms with E-state index < -0.39 is 41.2 Å². The van der Waals surface area contributed by atoms with Crippen LogP contribution in [0.5, 0.6) is 23.3 Å². The first-order valence-corrected chi connectivity index (χ1v) is 7.08. The zero-order valence-electron chi connectivity index (χ0n) is 13.1. The number of hydrogen-bond acceptors (Lipinski definition) is 8. The van der Waals surface area contributed by atoms with Gasteiger partial charge in [0.2, 0.25) is 11.5 Å². The molecular weight excluding hydrogens is 310 g/mol. The number of esters is 2. The molecule has 0 amide bonds. The van der Waals surface area contributed by atoms with Crippen molar-refractivity contribution in [1.82, 2.24) is 4.73 Å². The summed E-state index contributed by atoms with van der Waals surface area (Å²) in [6, 6.07) is 0. The van der Waals surface area contributed by atoms with Crippen LogP contribution in [0.1, 0.15) is 46.5 Å². The van der Waals surface area contributed by atoms with Crippen molar-refractivity contribution in [1.29, 1.82) is 0 Å². The molecule has 1 rings (SSSR count). The van der Waals surface area contributed by atoms with Crippen LogP contribution in [0.2, 0.25) is 0 Å². The predicted octanol–water partition coefficient (Wildman–Crippen LogP) is 1.29. The molecule has 0 radical (unpaired) electrons. The first-order chi connectivity index (χ1) is 10.8. The standard InChI is InChI=1S/C14H19NO8/c1-4-6-9(17)21-11-12(22-10(18)7-5-2)14(20)15(13(11)19)23-8(3)16/h19-20H,4-7H2,1-3H3. The number of ether oxygens (including phenoxy) is 2. The average molecular weight is 329 g/mol. The molecule has 0 atom stereocenters. The normalized spacial score (nSPS) is 10.2. The number of carbonyl (C=O) groups excluding carboxylic acids is 3. The van der Waals surface area contributed by atoms with E-state index in [4.69, 9.17) is 9.47 Å². The van der Waals surface area contributed by atoms with Gasteiger partial charge in [-0.15, -0.1) is 0 Å². The molecular formula is C14H19NO8. The number of hydrogen-bond donors (Lipinski definition) is 2. The second-order valence-electron chi connectivity index (χ2n) is 4.63. The Hall–Kier alpha value is -2.71. The topological polar surface area (TPSA) is 124 Å². The molecule has 0 aromatic carbocycles. The van der Waals surface area contributed by atoms with Gasteiger partial charge in [0.1, 0.15) is 0 Å². The fourth-order valence-electron chi connectivity index (χ4n) is 1.62. The summed E-state index contributed by atoms with van der Waals surface area (Å²) in [5.41, 5.74) is 0. The maximum Gasteiger partial charge on any atom is 0.330 e. The molecule has 9 nitrogen and oxygen atoms in total. The Morgan fingerprint density at radius 1 is 0.913 bits per heavy atom. The summed E-state index contributed by atoms with van der Waals surface area (Å²) in [7, 11) is 0. The SMILES string of the molecule is CCCC(=O)Oc1c(OC(=O)CCC)c(O)n(OC(C)=O)c1O. The Balaban J connectivity index is 3.24. The van der Waals surface area contributed by atoms with Crippen molar-refractivity contribution in [2.24, 2.45) is 0 Å². The minimum absolute atomic E-state index is 0.0430. The summed E-state index contributed by atoms with van der Waals surface area (Å²) < 4.78 is 10.1. The van der Waals surface area contributed by atoms with Gasteiger partial charge in [0.15, 0.2) is 0 Å². The van der Waals surface area contributed by atoms with Crippen LogP contribution in [-0.2, 0) is 14.4 Å². The Kier molecular flexibility index (Phi) is 6.43. The third-order valence-electron chi connectivity index (χ3n) is 2.56. The lowest BCUT2D eigenvalue weighted by atomic mass is 10.3. The van der Waals surface area contributed by atoms with Crippen molar-refractivity contribution in [3.63, 3.8) is 0 Å². The fourth-order valence-corrected chi connectivity index (χ4v) is 1.62. The van der Waals surface area contributed by atoms with Gasteiger partial charge in [0.25, 0.3) is 11.8 Å². The molecule has 0 unspecified atom stereocenters. The van der Waals surface area contributed by atoms with Gasteiger partial charge in [-0.1, -0.05) is 18.6 Å². The van der Waals surface area contributed by atoms with Gasteiger partial charge in [0, 0.05) is 19.8 Å².